The minimum absolute atomic E-state index is 0.0115. The Labute approximate surface area is 211 Å². The zero-order chi connectivity index (χ0) is 25.8. The van der Waals surface area contributed by atoms with Crippen LogP contribution in [0.2, 0.25) is 0 Å². The molecule has 0 aromatic heterocycles. The maximum absolute atomic E-state index is 12.8. The molecule has 0 saturated heterocycles. The van der Waals surface area contributed by atoms with Crippen molar-refractivity contribution in [1.82, 2.24) is 0 Å². The molecule has 5 heteroatoms. The van der Waals surface area contributed by atoms with Crippen molar-refractivity contribution in [2.45, 2.75) is 111 Å². The molecule has 5 nitrogen and oxygen atoms in total. The van der Waals surface area contributed by atoms with Crippen LogP contribution in [-0.2, 0) is 4.79 Å². The number of aliphatic hydroxyl groups excluding tert-OH is 2. The highest BCUT2D eigenvalue weighted by Crippen LogP contribution is 2.76. The molecule has 0 radical (unpaired) electrons. The number of fused-ring (bicyclic) bond motifs is 7. The molecule has 11 atom stereocenters. The second kappa shape index (κ2) is 7.57. The van der Waals surface area contributed by atoms with Gasteiger partial charge in [-0.25, -0.2) is 0 Å². The largest absolute Gasteiger partial charge is 0.481 e. The van der Waals surface area contributed by atoms with Crippen molar-refractivity contribution in [1.29, 1.82) is 0 Å². The molecular weight excluding hydrogens is 440 g/mol. The van der Waals surface area contributed by atoms with Gasteiger partial charge in [-0.3, -0.25) is 4.79 Å². The summed E-state index contributed by atoms with van der Waals surface area (Å²) < 4.78 is 0. The van der Waals surface area contributed by atoms with E-state index in [4.69, 9.17) is 0 Å². The van der Waals surface area contributed by atoms with E-state index < -0.39 is 28.5 Å². The lowest BCUT2D eigenvalue weighted by Gasteiger charge is -2.71. The van der Waals surface area contributed by atoms with Crippen molar-refractivity contribution in [2.75, 3.05) is 6.61 Å². The Kier molecular flexibility index (Phi) is 5.56. The Balaban J connectivity index is 1.64. The normalized spacial score (nSPS) is 57.7. The second-order valence-electron chi connectivity index (χ2n) is 14.6. The van der Waals surface area contributed by atoms with Gasteiger partial charge in [0, 0.05) is 11.3 Å². The van der Waals surface area contributed by atoms with Crippen LogP contribution in [0.25, 0.3) is 0 Å². The predicted octanol–water partition coefficient (Wildman–Crippen LogP) is 5.18. The van der Waals surface area contributed by atoms with Crippen molar-refractivity contribution in [3.05, 3.63) is 11.6 Å². The van der Waals surface area contributed by atoms with E-state index in [9.17, 15) is 25.2 Å². The maximum atomic E-state index is 12.8. The number of hydrogen-bond donors (Lipinski definition) is 4. The van der Waals surface area contributed by atoms with Crippen molar-refractivity contribution in [3.63, 3.8) is 0 Å². The molecule has 198 valence electrons. The number of carbonyl (C=O) groups is 1. The highest BCUT2D eigenvalue weighted by atomic mass is 16.4. The van der Waals surface area contributed by atoms with E-state index in [0.29, 0.717) is 18.8 Å². The van der Waals surface area contributed by atoms with Gasteiger partial charge in [0.1, 0.15) is 0 Å². The van der Waals surface area contributed by atoms with Crippen molar-refractivity contribution >= 4 is 5.97 Å². The first-order valence-corrected chi connectivity index (χ1v) is 14.1. The molecule has 0 unspecified atom stereocenters. The van der Waals surface area contributed by atoms with E-state index in [1.807, 2.05) is 6.92 Å². The van der Waals surface area contributed by atoms with Crippen LogP contribution in [0.4, 0.5) is 0 Å². The van der Waals surface area contributed by atoms with E-state index in [1.54, 1.807) is 0 Å². The van der Waals surface area contributed by atoms with Crippen molar-refractivity contribution < 1.29 is 25.2 Å². The second-order valence-corrected chi connectivity index (χ2v) is 14.6. The third-order valence-electron chi connectivity index (χ3n) is 13.6. The molecule has 5 aliphatic rings. The van der Waals surface area contributed by atoms with Gasteiger partial charge in [0.05, 0.1) is 23.7 Å². The van der Waals surface area contributed by atoms with Crippen molar-refractivity contribution in [3.8, 4) is 0 Å². The summed E-state index contributed by atoms with van der Waals surface area (Å²) in [6.45, 7) is 13.3. The fourth-order valence-corrected chi connectivity index (χ4v) is 10.9. The monoisotopic (exact) mass is 488 g/mol. The summed E-state index contributed by atoms with van der Waals surface area (Å²) in [7, 11) is 0. The summed E-state index contributed by atoms with van der Waals surface area (Å²) in [5.74, 6) is -0.356. The van der Waals surface area contributed by atoms with Crippen molar-refractivity contribution in [2.24, 2.45) is 50.7 Å². The van der Waals surface area contributed by atoms with Crippen LogP contribution in [-0.4, -0.2) is 44.7 Å². The fourth-order valence-electron chi connectivity index (χ4n) is 10.9. The zero-order valence-corrected chi connectivity index (χ0v) is 22.7. The standard InChI is InChI=1S/C30H48O5/c1-18-9-14-30(24(33)34)16-15-27(4)19(23(30)29(18,6)35)7-8-21-25(2)12-11-22(32)26(3,17-31)20(25)10-13-28(21,27)5/h7,18,20-23,31-32,35H,8-17H2,1-6H3,(H,33,34)/t18-,20-,21-,22+,23-,25+,26-,27-,28-,29-,30+/m1/s1. The minimum Gasteiger partial charge on any atom is -0.481 e. The molecular formula is C30H48O5. The number of rotatable bonds is 2. The van der Waals surface area contributed by atoms with E-state index in [1.165, 1.54) is 5.57 Å². The summed E-state index contributed by atoms with van der Waals surface area (Å²) in [5.41, 5.74) is -1.35. The Morgan fingerprint density at radius 3 is 2.29 bits per heavy atom. The molecule has 5 aliphatic carbocycles. The highest BCUT2D eigenvalue weighted by Gasteiger charge is 2.71. The third-order valence-corrected chi connectivity index (χ3v) is 13.6. The van der Waals surface area contributed by atoms with Gasteiger partial charge in [-0.05, 0) is 98.7 Å². The predicted molar refractivity (Wildman–Crippen MR) is 135 cm³/mol. The number of carboxylic acids is 1. The van der Waals surface area contributed by atoms with Gasteiger partial charge in [-0.1, -0.05) is 46.3 Å². The number of aliphatic carboxylic acids is 1. The molecule has 4 saturated carbocycles. The Hall–Kier alpha value is -0.910. The van der Waals surface area contributed by atoms with Crippen LogP contribution in [0.1, 0.15) is 99.3 Å². The van der Waals surface area contributed by atoms with Gasteiger partial charge in [-0.2, -0.15) is 0 Å². The van der Waals surface area contributed by atoms with E-state index in [0.717, 1.165) is 44.9 Å². The summed E-state index contributed by atoms with van der Waals surface area (Å²) in [6.07, 6.45) is 9.32. The molecule has 0 bridgehead atoms. The van der Waals surface area contributed by atoms with Crippen LogP contribution < -0.4 is 0 Å². The first-order chi connectivity index (χ1) is 16.1. The average molecular weight is 489 g/mol. The lowest BCUT2D eigenvalue weighted by molar-refractivity contribution is -0.225. The lowest BCUT2D eigenvalue weighted by atomic mass is 9.33. The summed E-state index contributed by atoms with van der Waals surface area (Å²) in [5, 5.41) is 43.8. The lowest BCUT2D eigenvalue weighted by Crippen LogP contribution is -2.68. The molecule has 4 fully saturated rings. The number of carboxylic acid groups (broad SMARTS) is 1. The summed E-state index contributed by atoms with van der Waals surface area (Å²) in [6, 6.07) is 0. The highest BCUT2D eigenvalue weighted by molar-refractivity contribution is 5.77. The van der Waals surface area contributed by atoms with Gasteiger partial charge in [0.2, 0.25) is 0 Å². The van der Waals surface area contributed by atoms with E-state index >= 15 is 0 Å². The van der Waals surface area contributed by atoms with Crippen LogP contribution in [0.15, 0.2) is 11.6 Å². The number of allylic oxidation sites excluding steroid dienone is 1. The molecule has 0 spiro atoms. The van der Waals surface area contributed by atoms with Gasteiger partial charge < -0.3 is 20.4 Å². The van der Waals surface area contributed by atoms with Gasteiger partial charge >= 0.3 is 5.97 Å². The average Bonchev–Trinajstić information content (AvgIpc) is 2.79. The maximum Gasteiger partial charge on any atom is 0.310 e. The quantitative estimate of drug-likeness (QED) is 0.402. The van der Waals surface area contributed by atoms with Crippen LogP contribution >= 0.6 is 0 Å². The first kappa shape index (κ1) is 25.7. The van der Waals surface area contributed by atoms with Crippen LogP contribution in [0, 0.1) is 50.7 Å². The third kappa shape index (κ3) is 2.90. The molecule has 35 heavy (non-hydrogen) atoms. The molecule has 0 amide bonds. The molecule has 0 aromatic rings. The van der Waals surface area contributed by atoms with Crippen LogP contribution in [0.5, 0.6) is 0 Å². The van der Waals surface area contributed by atoms with E-state index in [2.05, 4.69) is 40.7 Å². The molecule has 4 N–H and O–H groups in total. The summed E-state index contributed by atoms with van der Waals surface area (Å²) >= 11 is 0. The van der Waals surface area contributed by atoms with Gasteiger partial charge in [0.25, 0.3) is 0 Å². The Morgan fingerprint density at radius 1 is 0.971 bits per heavy atom. The molecule has 0 heterocycles. The Morgan fingerprint density at radius 2 is 1.66 bits per heavy atom. The number of hydrogen-bond acceptors (Lipinski definition) is 4. The minimum atomic E-state index is -1.04. The first-order valence-electron chi connectivity index (χ1n) is 14.1. The van der Waals surface area contributed by atoms with Crippen LogP contribution in [0.3, 0.4) is 0 Å². The topological polar surface area (TPSA) is 98.0 Å². The zero-order valence-electron chi connectivity index (χ0n) is 22.7. The molecule has 0 aliphatic heterocycles. The molecule has 5 rings (SSSR count). The number of aliphatic hydroxyl groups is 3. The van der Waals surface area contributed by atoms with E-state index in [-0.39, 0.29) is 40.6 Å². The summed E-state index contributed by atoms with van der Waals surface area (Å²) in [4.78, 5) is 12.8. The molecule has 0 aromatic carbocycles. The smallest absolute Gasteiger partial charge is 0.310 e. The SMILES string of the molecule is C[C@@H]1CC[C@]2(C(=O)O)CC[C@]3(C)C(=CC[C@@H]4[C@@]5(C)CC[C@H](O)[C@](C)(CO)[C@@H]5CC[C@]43C)[C@@H]2[C@]1(C)O. The Bertz CT molecular complexity index is 941. The van der Waals surface area contributed by atoms with Gasteiger partial charge in [0.15, 0.2) is 0 Å². The van der Waals surface area contributed by atoms with Gasteiger partial charge in [-0.15, -0.1) is 0 Å². The fraction of sp³-hybridized carbons (Fsp3) is 0.900.